The van der Waals surface area contributed by atoms with Crippen LogP contribution in [0.25, 0.3) is 0 Å². The van der Waals surface area contributed by atoms with Crippen molar-refractivity contribution in [2.24, 2.45) is 46.3 Å². The van der Waals surface area contributed by atoms with Crippen LogP contribution in [0.15, 0.2) is 0 Å². The van der Waals surface area contributed by atoms with Crippen LogP contribution in [0.2, 0.25) is 0 Å². The highest BCUT2D eigenvalue weighted by Crippen LogP contribution is 2.69. The number of fused-ring (bicyclic) bond motifs is 5. The molecule has 0 amide bonds. The standard InChI is InChI=1S/C37H64O13/c1-17(2)25(49-34-31(45)29(43)26(50-34)16-48-33-30(44)28(42)24(41)15-47-33)7-6-18(3)20-13-22(39)32-36(20,5)11-9-27-35(4)10-8-19(38)12-21(35)23(40)14-37(27,32)46/h17-34,38-46H,6-16H2,1-5H3/t18-,19+,20-,21?,22-,23+,24-,25+,26+,27-,28+,29+,30-,31-,32-,33+,34-,35+,36-,37+/m1/s1. The van der Waals surface area contributed by atoms with Gasteiger partial charge in [-0.2, -0.15) is 0 Å². The summed E-state index contributed by atoms with van der Waals surface area (Å²) in [5, 5.41) is 97.4. The minimum atomic E-state index is -1.49. The average molecular weight is 717 g/mol. The van der Waals surface area contributed by atoms with Crippen molar-refractivity contribution >= 4 is 0 Å². The van der Waals surface area contributed by atoms with E-state index < -0.39 is 73.1 Å². The number of aliphatic hydroxyl groups is 9. The van der Waals surface area contributed by atoms with Crippen molar-refractivity contribution < 1.29 is 64.9 Å². The molecule has 0 aromatic carbocycles. The van der Waals surface area contributed by atoms with Crippen LogP contribution in [-0.2, 0) is 18.9 Å². The van der Waals surface area contributed by atoms with Crippen molar-refractivity contribution in [1.82, 2.24) is 0 Å². The van der Waals surface area contributed by atoms with Gasteiger partial charge >= 0.3 is 0 Å². The molecule has 13 heteroatoms. The van der Waals surface area contributed by atoms with Gasteiger partial charge in [0.2, 0.25) is 0 Å². The molecule has 2 heterocycles. The lowest BCUT2D eigenvalue weighted by Gasteiger charge is -2.66. The Kier molecular flexibility index (Phi) is 11.5. The lowest BCUT2D eigenvalue weighted by atomic mass is 9.42. The summed E-state index contributed by atoms with van der Waals surface area (Å²) in [7, 11) is 0. The van der Waals surface area contributed by atoms with E-state index in [-0.39, 0.29) is 72.1 Å². The highest BCUT2D eigenvalue weighted by molar-refractivity contribution is 5.20. The van der Waals surface area contributed by atoms with Gasteiger partial charge in [0.25, 0.3) is 0 Å². The quantitative estimate of drug-likeness (QED) is 0.150. The van der Waals surface area contributed by atoms with E-state index in [2.05, 4.69) is 20.8 Å². The Bertz CT molecular complexity index is 1160. The molecule has 4 saturated carbocycles. The zero-order valence-corrected chi connectivity index (χ0v) is 30.3. The summed E-state index contributed by atoms with van der Waals surface area (Å²) in [4.78, 5) is 0. The lowest BCUT2D eigenvalue weighted by Crippen LogP contribution is -2.68. The summed E-state index contributed by atoms with van der Waals surface area (Å²) < 4.78 is 23.0. The second-order valence-electron chi connectivity index (χ2n) is 17.9. The van der Waals surface area contributed by atoms with Gasteiger partial charge in [-0.1, -0.05) is 34.6 Å². The zero-order valence-electron chi connectivity index (χ0n) is 30.3. The van der Waals surface area contributed by atoms with Crippen LogP contribution in [0.3, 0.4) is 0 Å². The highest BCUT2D eigenvalue weighted by atomic mass is 16.7. The SMILES string of the molecule is CC(C)[C@H](CC[C@@H](C)[C@H]1C[C@@H](O)[C@@H]2[C@]1(C)CC[C@H]1[C@@]2(O)C[C@H](O)C2C[C@@H](O)CC[C@@]21C)O[C@@H]1O[C@@H](CO[C@@H]2OC[C@@H](O)[C@H](O)[C@H]2O)[C@H](O)[C@H]1O. The molecule has 2 saturated heterocycles. The summed E-state index contributed by atoms with van der Waals surface area (Å²) in [6.07, 6.45) is -6.40. The molecule has 13 nitrogen and oxygen atoms in total. The van der Waals surface area contributed by atoms with Crippen molar-refractivity contribution in [1.29, 1.82) is 0 Å². The molecule has 9 N–H and O–H groups in total. The van der Waals surface area contributed by atoms with Crippen LogP contribution in [-0.4, -0.2) is 138 Å². The van der Waals surface area contributed by atoms with Crippen molar-refractivity contribution in [3.05, 3.63) is 0 Å². The molecule has 6 aliphatic rings. The molecule has 0 aromatic rings. The number of hydrogen-bond acceptors (Lipinski definition) is 13. The maximum Gasteiger partial charge on any atom is 0.186 e. The molecule has 1 unspecified atom stereocenters. The number of aliphatic hydroxyl groups excluding tert-OH is 8. The first-order chi connectivity index (χ1) is 23.4. The third-order valence-electron chi connectivity index (χ3n) is 14.6. The molecule has 290 valence electrons. The summed E-state index contributed by atoms with van der Waals surface area (Å²) in [5.41, 5.74) is -1.79. The van der Waals surface area contributed by atoms with Crippen LogP contribution >= 0.6 is 0 Å². The zero-order chi connectivity index (χ0) is 36.5. The Hall–Kier alpha value is -0.520. The molecule has 4 aliphatic carbocycles. The van der Waals surface area contributed by atoms with Crippen LogP contribution in [0, 0.1) is 46.3 Å². The van der Waals surface area contributed by atoms with Gasteiger partial charge in [0.15, 0.2) is 12.6 Å². The van der Waals surface area contributed by atoms with Crippen LogP contribution in [0.1, 0.15) is 92.4 Å². The number of ether oxygens (including phenoxy) is 4. The van der Waals surface area contributed by atoms with Crippen molar-refractivity contribution in [2.75, 3.05) is 13.2 Å². The molecule has 50 heavy (non-hydrogen) atoms. The smallest absolute Gasteiger partial charge is 0.186 e. The van der Waals surface area contributed by atoms with E-state index in [1.807, 2.05) is 13.8 Å². The van der Waals surface area contributed by atoms with Crippen LogP contribution in [0.5, 0.6) is 0 Å². The predicted molar refractivity (Wildman–Crippen MR) is 178 cm³/mol. The lowest BCUT2D eigenvalue weighted by molar-refractivity contribution is -0.279. The first kappa shape index (κ1) is 39.2. The third-order valence-corrected chi connectivity index (χ3v) is 14.6. The van der Waals surface area contributed by atoms with Gasteiger partial charge < -0.3 is 64.9 Å². The highest BCUT2D eigenvalue weighted by Gasteiger charge is 2.70. The second kappa shape index (κ2) is 14.6. The van der Waals surface area contributed by atoms with E-state index in [9.17, 15) is 46.0 Å². The summed E-state index contributed by atoms with van der Waals surface area (Å²) >= 11 is 0. The fourth-order valence-corrected chi connectivity index (χ4v) is 11.8. The Morgan fingerprint density at radius 3 is 2.14 bits per heavy atom. The minimum absolute atomic E-state index is 0.0430. The maximum atomic E-state index is 12.6. The van der Waals surface area contributed by atoms with E-state index in [1.165, 1.54) is 0 Å². The maximum absolute atomic E-state index is 12.6. The van der Waals surface area contributed by atoms with Crippen molar-refractivity contribution in [3.8, 4) is 0 Å². The van der Waals surface area contributed by atoms with Crippen LogP contribution in [0.4, 0.5) is 0 Å². The van der Waals surface area contributed by atoms with E-state index in [4.69, 9.17) is 18.9 Å². The molecule has 0 bridgehead atoms. The molecule has 2 aliphatic heterocycles. The Labute approximate surface area is 295 Å². The molecule has 20 atom stereocenters. The third kappa shape index (κ3) is 6.73. The molecule has 0 aromatic heterocycles. The van der Waals surface area contributed by atoms with Crippen molar-refractivity contribution in [2.45, 2.75) is 172 Å². The molecular weight excluding hydrogens is 652 g/mol. The molecule has 0 radical (unpaired) electrons. The fourth-order valence-electron chi connectivity index (χ4n) is 11.8. The van der Waals surface area contributed by atoms with Crippen LogP contribution < -0.4 is 0 Å². The van der Waals surface area contributed by atoms with E-state index in [0.717, 1.165) is 25.7 Å². The second-order valence-corrected chi connectivity index (χ2v) is 17.9. The molecule has 6 fully saturated rings. The molecule has 0 spiro atoms. The minimum Gasteiger partial charge on any atom is -0.393 e. The van der Waals surface area contributed by atoms with E-state index in [0.29, 0.717) is 25.7 Å². The molecule has 6 rings (SSSR count). The van der Waals surface area contributed by atoms with Gasteiger partial charge in [0.05, 0.1) is 43.2 Å². The monoisotopic (exact) mass is 716 g/mol. The van der Waals surface area contributed by atoms with Gasteiger partial charge in [-0.15, -0.1) is 0 Å². The Balaban J connectivity index is 1.07. The van der Waals surface area contributed by atoms with Crippen molar-refractivity contribution in [3.63, 3.8) is 0 Å². The van der Waals surface area contributed by atoms with E-state index >= 15 is 0 Å². The average Bonchev–Trinajstić information content (AvgIpc) is 3.49. The predicted octanol–water partition coefficient (Wildman–Crippen LogP) is 0.423. The Morgan fingerprint density at radius 1 is 0.760 bits per heavy atom. The fraction of sp³-hybridized carbons (Fsp3) is 1.00. The van der Waals surface area contributed by atoms with E-state index in [1.54, 1.807) is 0 Å². The Morgan fingerprint density at radius 2 is 1.44 bits per heavy atom. The topological polar surface area (TPSA) is 219 Å². The first-order valence-electron chi connectivity index (χ1n) is 19.1. The van der Waals surface area contributed by atoms with Gasteiger partial charge in [-0.3, -0.25) is 0 Å². The van der Waals surface area contributed by atoms with Gasteiger partial charge in [0.1, 0.15) is 36.6 Å². The number of rotatable bonds is 10. The van der Waals surface area contributed by atoms with Gasteiger partial charge in [0, 0.05) is 12.3 Å². The summed E-state index contributed by atoms with van der Waals surface area (Å²) in [6, 6.07) is 0. The summed E-state index contributed by atoms with van der Waals surface area (Å²) in [6.45, 7) is 10.2. The first-order valence-corrected chi connectivity index (χ1v) is 19.1. The molecular formula is C37H64O13. The summed E-state index contributed by atoms with van der Waals surface area (Å²) in [5.74, 6) is -0.0687. The van der Waals surface area contributed by atoms with Gasteiger partial charge in [-0.25, -0.2) is 0 Å². The van der Waals surface area contributed by atoms with Gasteiger partial charge in [-0.05, 0) is 91.8 Å². The number of hydrogen-bond donors (Lipinski definition) is 9. The largest absolute Gasteiger partial charge is 0.393 e. The normalized spacial score (nSPS) is 53.5.